The van der Waals surface area contributed by atoms with E-state index in [0.29, 0.717) is 0 Å². The summed E-state index contributed by atoms with van der Waals surface area (Å²) in [5, 5.41) is 12.0. The Morgan fingerprint density at radius 2 is 1.90 bits per heavy atom. The molecular weight excluding hydrogens is 256 g/mol. The zero-order chi connectivity index (χ0) is 14.0. The Labute approximate surface area is 120 Å². The third kappa shape index (κ3) is 5.03. The number of hydrogen-bond acceptors (Lipinski definition) is 6. The molecule has 0 spiro atoms. The van der Waals surface area contributed by atoms with E-state index in [2.05, 4.69) is 20.2 Å². The normalized spacial score (nSPS) is 15.6. The van der Waals surface area contributed by atoms with Crippen LogP contribution < -0.4 is 10.2 Å². The number of aliphatic hydroxyl groups excluding tert-OH is 1. The Morgan fingerprint density at radius 3 is 2.60 bits per heavy atom. The Balaban J connectivity index is 1.68. The molecule has 2 heterocycles. The summed E-state index contributed by atoms with van der Waals surface area (Å²) in [6.07, 6.45) is 6.82. The number of nitrogens with one attached hydrogen (secondary N) is 1. The van der Waals surface area contributed by atoms with Crippen LogP contribution in [0, 0.1) is 0 Å². The molecule has 112 valence electrons. The van der Waals surface area contributed by atoms with Crippen LogP contribution in [0.25, 0.3) is 0 Å². The van der Waals surface area contributed by atoms with Gasteiger partial charge in [0.1, 0.15) is 0 Å². The maximum absolute atomic E-state index is 8.69. The predicted octanol–water partition coefficient (Wildman–Crippen LogP) is 0.565. The van der Waals surface area contributed by atoms with E-state index in [-0.39, 0.29) is 6.61 Å². The molecule has 6 nitrogen and oxygen atoms in total. The van der Waals surface area contributed by atoms with E-state index >= 15 is 0 Å². The second kappa shape index (κ2) is 8.84. The van der Waals surface area contributed by atoms with Crippen LogP contribution in [-0.2, 0) is 11.3 Å². The minimum atomic E-state index is 0.289. The number of anilines is 1. The van der Waals surface area contributed by atoms with Gasteiger partial charge in [-0.3, -0.25) is 0 Å². The lowest BCUT2D eigenvalue weighted by Gasteiger charge is -2.26. The quantitative estimate of drug-likeness (QED) is 0.678. The SMILES string of the molecule is OCCCCCNCc1cnc(N2CCOCC2)nc1. The third-order valence-corrected chi connectivity index (χ3v) is 3.33. The van der Waals surface area contributed by atoms with E-state index in [1.165, 1.54) is 0 Å². The van der Waals surface area contributed by atoms with Crippen LogP contribution in [0.15, 0.2) is 12.4 Å². The lowest BCUT2D eigenvalue weighted by Crippen LogP contribution is -2.37. The first-order valence-corrected chi connectivity index (χ1v) is 7.35. The topological polar surface area (TPSA) is 70.5 Å². The van der Waals surface area contributed by atoms with Crippen molar-refractivity contribution < 1.29 is 9.84 Å². The van der Waals surface area contributed by atoms with E-state index < -0.39 is 0 Å². The van der Waals surface area contributed by atoms with Crippen molar-refractivity contribution >= 4 is 5.95 Å². The molecule has 0 atom stereocenters. The summed E-state index contributed by atoms with van der Waals surface area (Å²) in [5.74, 6) is 0.792. The minimum Gasteiger partial charge on any atom is -0.396 e. The van der Waals surface area contributed by atoms with Crippen LogP contribution in [0.3, 0.4) is 0 Å². The molecule has 0 amide bonds. The van der Waals surface area contributed by atoms with Gasteiger partial charge in [0.05, 0.1) is 13.2 Å². The van der Waals surface area contributed by atoms with Crippen molar-refractivity contribution in [3.8, 4) is 0 Å². The highest BCUT2D eigenvalue weighted by atomic mass is 16.5. The highest BCUT2D eigenvalue weighted by Gasteiger charge is 2.13. The fourth-order valence-corrected chi connectivity index (χ4v) is 2.14. The summed E-state index contributed by atoms with van der Waals surface area (Å²) in [5.41, 5.74) is 1.10. The fourth-order valence-electron chi connectivity index (χ4n) is 2.14. The van der Waals surface area contributed by atoms with Crippen molar-refractivity contribution in [2.45, 2.75) is 25.8 Å². The highest BCUT2D eigenvalue weighted by Crippen LogP contribution is 2.09. The van der Waals surface area contributed by atoms with Gasteiger partial charge in [-0.15, -0.1) is 0 Å². The molecule has 0 aromatic carbocycles. The van der Waals surface area contributed by atoms with Crippen molar-refractivity contribution in [1.82, 2.24) is 15.3 Å². The first-order chi connectivity index (χ1) is 9.90. The monoisotopic (exact) mass is 280 g/mol. The van der Waals surface area contributed by atoms with E-state index in [4.69, 9.17) is 9.84 Å². The molecule has 6 heteroatoms. The van der Waals surface area contributed by atoms with E-state index in [9.17, 15) is 0 Å². The summed E-state index contributed by atoms with van der Waals surface area (Å²) < 4.78 is 5.32. The first-order valence-electron chi connectivity index (χ1n) is 7.35. The number of morpholine rings is 1. The zero-order valence-electron chi connectivity index (χ0n) is 11.9. The molecule has 0 bridgehead atoms. The number of aliphatic hydroxyl groups is 1. The number of nitrogens with zero attached hydrogens (tertiary/aromatic N) is 3. The van der Waals surface area contributed by atoms with E-state index in [0.717, 1.165) is 70.2 Å². The lowest BCUT2D eigenvalue weighted by molar-refractivity contribution is 0.122. The Morgan fingerprint density at radius 1 is 1.15 bits per heavy atom. The average Bonchev–Trinajstić information content (AvgIpc) is 2.52. The van der Waals surface area contributed by atoms with Crippen LogP contribution in [0.1, 0.15) is 24.8 Å². The van der Waals surface area contributed by atoms with Crippen molar-refractivity contribution in [3.05, 3.63) is 18.0 Å². The predicted molar refractivity (Wildman–Crippen MR) is 77.7 cm³/mol. The number of hydrogen-bond donors (Lipinski definition) is 2. The Bertz CT molecular complexity index is 366. The molecule has 0 aliphatic carbocycles. The second-order valence-corrected chi connectivity index (χ2v) is 4.95. The minimum absolute atomic E-state index is 0.289. The summed E-state index contributed by atoms with van der Waals surface area (Å²) in [4.78, 5) is 11.0. The van der Waals surface area contributed by atoms with Gasteiger partial charge in [0.2, 0.25) is 5.95 Å². The van der Waals surface area contributed by atoms with Crippen molar-refractivity contribution in [3.63, 3.8) is 0 Å². The molecule has 1 aliphatic rings. The lowest BCUT2D eigenvalue weighted by atomic mass is 10.2. The van der Waals surface area contributed by atoms with E-state index in [1.807, 2.05) is 12.4 Å². The standard InChI is InChI=1S/C14H24N4O2/c19-7-3-1-2-4-15-10-13-11-16-14(17-12-13)18-5-8-20-9-6-18/h11-12,15,19H,1-10H2. The summed E-state index contributed by atoms with van der Waals surface area (Å²) in [7, 11) is 0. The second-order valence-electron chi connectivity index (χ2n) is 4.95. The van der Waals surface area contributed by atoms with Crippen LogP contribution in [-0.4, -0.2) is 54.5 Å². The van der Waals surface area contributed by atoms with Crippen LogP contribution in [0.5, 0.6) is 0 Å². The maximum atomic E-state index is 8.69. The molecule has 1 aromatic heterocycles. The largest absolute Gasteiger partial charge is 0.396 e. The van der Waals surface area contributed by atoms with Gasteiger partial charge in [0, 0.05) is 44.2 Å². The number of unbranched alkanes of at least 4 members (excludes halogenated alkanes) is 2. The number of ether oxygens (including phenoxy) is 1. The van der Waals surface area contributed by atoms with Gasteiger partial charge in [-0.2, -0.15) is 0 Å². The van der Waals surface area contributed by atoms with Crippen molar-refractivity contribution in [2.75, 3.05) is 44.4 Å². The first kappa shape index (κ1) is 15.2. The molecule has 20 heavy (non-hydrogen) atoms. The van der Waals surface area contributed by atoms with Crippen LogP contribution >= 0.6 is 0 Å². The molecule has 0 saturated carbocycles. The van der Waals surface area contributed by atoms with Crippen molar-refractivity contribution in [2.24, 2.45) is 0 Å². The Hall–Kier alpha value is -1.24. The molecular formula is C14H24N4O2. The van der Waals surface area contributed by atoms with Crippen LogP contribution in [0.2, 0.25) is 0 Å². The smallest absolute Gasteiger partial charge is 0.225 e. The van der Waals surface area contributed by atoms with E-state index in [1.54, 1.807) is 0 Å². The summed E-state index contributed by atoms with van der Waals surface area (Å²) >= 11 is 0. The molecule has 0 radical (unpaired) electrons. The summed E-state index contributed by atoms with van der Waals surface area (Å²) in [6, 6.07) is 0. The molecule has 2 N–H and O–H groups in total. The molecule has 2 rings (SSSR count). The highest BCUT2D eigenvalue weighted by molar-refractivity contribution is 5.30. The molecule has 1 aliphatic heterocycles. The van der Waals surface area contributed by atoms with Gasteiger partial charge in [0.25, 0.3) is 0 Å². The van der Waals surface area contributed by atoms with Gasteiger partial charge < -0.3 is 20.1 Å². The third-order valence-electron chi connectivity index (χ3n) is 3.33. The maximum Gasteiger partial charge on any atom is 0.225 e. The van der Waals surface area contributed by atoms with Crippen molar-refractivity contribution in [1.29, 1.82) is 0 Å². The van der Waals surface area contributed by atoms with Gasteiger partial charge >= 0.3 is 0 Å². The fraction of sp³-hybridized carbons (Fsp3) is 0.714. The van der Waals surface area contributed by atoms with Gasteiger partial charge in [0.15, 0.2) is 0 Å². The van der Waals surface area contributed by atoms with Gasteiger partial charge in [-0.05, 0) is 25.8 Å². The summed E-state index contributed by atoms with van der Waals surface area (Å²) in [6.45, 7) is 5.27. The molecule has 1 aromatic rings. The average molecular weight is 280 g/mol. The molecule has 1 fully saturated rings. The molecule has 1 saturated heterocycles. The number of rotatable bonds is 8. The Kier molecular flexibility index (Phi) is 6.70. The molecule has 0 unspecified atom stereocenters. The van der Waals surface area contributed by atoms with Gasteiger partial charge in [-0.1, -0.05) is 0 Å². The van der Waals surface area contributed by atoms with Gasteiger partial charge in [-0.25, -0.2) is 9.97 Å². The zero-order valence-corrected chi connectivity index (χ0v) is 11.9. The number of aromatic nitrogens is 2. The van der Waals surface area contributed by atoms with Crippen LogP contribution in [0.4, 0.5) is 5.95 Å².